The van der Waals surface area contributed by atoms with Crippen molar-refractivity contribution in [3.05, 3.63) is 24.5 Å². The molecule has 0 aliphatic heterocycles. The molecule has 0 aliphatic carbocycles. The van der Waals surface area contributed by atoms with Crippen molar-refractivity contribution in [1.29, 1.82) is 0 Å². The van der Waals surface area contributed by atoms with Gasteiger partial charge in [0, 0.05) is 0 Å². The molecule has 0 radical (unpaired) electrons. The highest BCUT2D eigenvalue weighted by Crippen LogP contribution is 2.09. The highest BCUT2D eigenvalue weighted by atomic mass is 19.2. The Balaban J connectivity index is 3.74. The van der Waals surface area contributed by atoms with Crippen LogP contribution in [-0.2, 0) is 4.74 Å². The lowest BCUT2D eigenvalue weighted by Gasteiger charge is -2.00. The van der Waals surface area contributed by atoms with Crippen LogP contribution in [0.1, 0.15) is 6.92 Å². The Morgan fingerprint density at radius 1 is 1.78 bits per heavy atom. The number of hydrogen-bond donors (Lipinski definition) is 0. The van der Waals surface area contributed by atoms with E-state index in [1.165, 1.54) is 0 Å². The molecule has 0 aromatic heterocycles. The number of halogens is 2. The van der Waals surface area contributed by atoms with E-state index in [2.05, 4.69) is 11.3 Å². The smallest absolute Gasteiger partial charge is 0.192 e. The first kappa shape index (κ1) is 8.14. The van der Waals surface area contributed by atoms with E-state index in [0.717, 1.165) is 0 Å². The summed E-state index contributed by atoms with van der Waals surface area (Å²) in [7, 11) is 0. The Morgan fingerprint density at radius 3 is 2.67 bits per heavy atom. The van der Waals surface area contributed by atoms with Crippen molar-refractivity contribution in [2.24, 2.45) is 0 Å². The van der Waals surface area contributed by atoms with Crippen LogP contribution in [0.25, 0.3) is 0 Å². The second-order valence-corrected chi connectivity index (χ2v) is 1.31. The number of ether oxygens (including phenoxy) is 1. The summed E-state index contributed by atoms with van der Waals surface area (Å²) >= 11 is 0. The van der Waals surface area contributed by atoms with Crippen LogP contribution in [0.5, 0.6) is 0 Å². The minimum Gasteiger partial charge on any atom is -0.491 e. The molecule has 0 unspecified atom stereocenters. The van der Waals surface area contributed by atoms with Gasteiger partial charge in [-0.25, -0.2) is 8.78 Å². The van der Waals surface area contributed by atoms with E-state index in [0.29, 0.717) is 6.61 Å². The summed E-state index contributed by atoms with van der Waals surface area (Å²) in [6, 6.07) is 0. The molecule has 0 saturated heterocycles. The van der Waals surface area contributed by atoms with E-state index in [9.17, 15) is 8.78 Å². The average molecular weight is 134 g/mol. The van der Waals surface area contributed by atoms with Crippen LogP contribution in [0.3, 0.4) is 0 Å². The molecule has 52 valence electrons. The molecule has 0 bridgehead atoms. The van der Waals surface area contributed by atoms with Crippen molar-refractivity contribution in [2.45, 2.75) is 6.92 Å². The number of rotatable bonds is 3. The summed E-state index contributed by atoms with van der Waals surface area (Å²) < 4.78 is 27.8. The first-order chi connectivity index (χ1) is 4.22. The fraction of sp³-hybridized carbons (Fsp3) is 0.333. The lowest BCUT2D eigenvalue weighted by molar-refractivity contribution is 0.225. The van der Waals surface area contributed by atoms with Gasteiger partial charge in [-0.1, -0.05) is 6.58 Å². The van der Waals surface area contributed by atoms with Crippen LogP contribution in [0.15, 0.2) is 24.5 Å². The quantitative estimate of drug-likeness (QED) is 0.425. The molecular formula is C6H8F2O. The van der Waals surface area contributed by atoms with E-state index < -0.39 is 5.83 Å². The predicted octanol–water partition coefficient (Wildman–Crippen LogP) is 2.32. The van der Waals surface area contributed by atoms with Crippen LogP contribution < -0.4 is 0 Å². The molecule has 3 heteroatoms. The van der Waals surface area contributed by atoms with Crippen molar-refractivity contribution in [1.82, 2.24) is 0 Å². The molecule has 0 aromatic rings. The van der Waals surface area contributed by atoms with Crippen molar-refractivity contribution in [3.8, 4) is 0 Å². The Kier molecular flexibility index (Phi) is 3.67. The zero-order valence-corrected chi connectivity index (χ0v) is 5.16. The first-order valence-electron chi connectivity index (χ1n) is 2.50. The molecule has 0 fully saturated rings. The van der Waals surface area contributed by atoms with Gasteiger partial charge in [-0.3, -0.25) is 0 Å². The zero-order chi connectivity index (χ0) is 7.28. The summed E-state index contributed by atoms with van der Waals surface area (Å²) in [5, 5.41) is 0. The standard InChI is InChI=1S/C6H8F2O/c1-3-9-5(2)6(8)4-7/h4H,2-3H2,1H3/b6-4-. The van der Waals surface area contributed by atoms with Gasteiger partial charge in [0.2, 0.25) is 0 Å². The molecule has 0 amide bonds. The Morgan fingerprint density at radius 2 is 2.33 bits per heavy atom. The third-order valence-corrected chi connectivity index (χ3v) is 0.681. The van der Waals surface area contributed by atoms with Crippen molar-refractivity contribution in [2.75, 3.05) is 6.61 Å². The van der Waals surface area contributed by atoms with Gasteiger partial charge in [-0.05, 0) is 6.92 Å². The maximum absolute atomic E-state index is 12.0. The van der Waals surface area contributed by atoms with Crippen molar-refractivity contribution < 1.29 is 13.5 Å². The second kappa shape index (κ2) is 4.06. The number of allylic oxidation sites excluding steroid dienone is 1. The molecule has 0 spiro atoms. The van der Waals surface area contributed by atoms with Gasteiger partial charge in [0.1, 0.15) is 12.1 Å². The molecule has 0 N–H and O–H groups in total. The van der Waals surface area contributed by atoms with Gasteiger partial charge < -0.3 is 4.74 Å². The van der Waals surface area contributed by atoms with Crippen LogP contribution in [0.2, 0.25) is 0 Å². The summed E-state index contributed by atoms with van der Waals surface area (Å²) in [4.78, 5) is 0. The topological polar surface area (TPSA) is 9.23 Å². The molecule has 0 saturated carbocycles. The van der Waals surface area contributed by atoms with Crippen LogP contribution in [0, 0.1) is 0 Å². The normalized spacial score (nSPS) is 11.2. The highest BCUT2D eigenvalue weighted by molar-refractivity contribution is 5.12. The molecule has 9 heavy (non-hydrogen) atoms. The van der Waals surface area contributed by atoms with E-state index >= 15 is 0 Å². The Labute approximate surface area is 52.6 Å². The van der Waals surface area contributed by atoms with Gasteiger partial charge in [0.25, 0.3) is 0 Å². The van der Waals surface area contributed by atoms with Crippen molar-refractivity contribution >= 4 is 0 Å². The molecule has 0 heterocycles. The second-order valence-electron chi connectivity index (χ2n) is 1.31. The van der Waals surface area contributed by atoms with E-state index in [1.54, 1.807) is 6.92 Å². The van der Waals surface area contributed by atoms with Gasteiger partial charge >= 0.3 is 0 Å². The predicted molar refractivity (Wildman–Crippen MR) is 31.1 cm³/mol. The van der Waals surface area contributed by atoms with Gasteiger partial charge in [0.15, 0.2) is 5.83 Å². The fourth-order valence-electron chi connectivity index (χ4n) is 0.304. The molecule has 1 nitrogen and oxygen atoms in total. The largest absolute Gasteiger partial charge is 0.491 e. The fourth-order valence-corrected chi connectivity index (χ4v) is 0.304. The Hall–Kier alpha value is -0.860. The summed E-state index contributed by atoms with van der Waals surface area (Å²) in [6.45, 7) is 5.06. The molecule has 0 aromatic carbocycles. The molecule has 0 aliphatic rings. The molecule has 0 atom stereocenters. The SMILES string of the molecule is C=C(OCC)/C(F)=C/F. The lowest BCUT2D eigenvalue weighted by Crippen LogP contribution is -1.88. The monoisotopic (exact) mass is 134 g/mol. The average Bonchev–Trinajstić information content (AvgIpc) is 1.87. The zero-order valence-electron chi connectivity index (χ0n) is 5.16. The summed E-state index contributed by atoms with van der Waals surface area (Å²) in [5.74, 6) is -1.32. The van der Waals surface area contributed by atoms with Gasteiger partial charge in [0.05, 0.1) is 6.61 Å². The minimum atomic E-state index is -1.06. The van der Waals surface area contributed by atoms with E-state index in [-0.39, 0.29) is 12.1 Å². The third-order valence-electron chi connectivity index (χ3n) is 0.681. The maximum atomic E-state index is 12.0. The summed E-state index contributed by atoms with van der Waals surface area (Å²) in [6.07, 6.45) is -0.183. The maximum Gasteiger partial charge on any atom is 0.192 e. The Bertz CT molecular complexity index is 129. The van der Waals surface area contributed by atoms with Crippen LogP contribution >= 0.6 is 0 Å². The highest BCUT2D eigenvalue weighted by Gasteiger charge is 1.99. The van der Waals surface area contributed by atoms with Gasteiger partial charge in [-0.15, -0.1) is 0 Å². The van der Waals surface area contributed by atoms with E-state index in [1.807, 2.05) is 0 Å². The van der Waals surface area contributed by atoms with Crippen LogP contribution in [-0.4, -0.2) is 6.61 Å². The summed E-state index contributed by atoms with van der Waals surface area (Å²) in [5.41, 5.74) is 0. The van der Waals surface area contributed by atoms with E-state index in [4.69, 9.17) is 0 Å². The minimum absolute atomic E-state index is 0.183. The number of hydrogen-bond acceptors (Lipinski definition) is 1. The third kappa shape index (κ3) is 2.85. The van der Waals surface area contributed by atoms with Crippen LogP contribution in [0.4, 0.5) is 8.78 Å². The lowest BCUT2D eigenvalue weighted by atomic mass is 10.5. The molecule has 0 rings (SSSR count). The van der Waals surface area contributed by atoms with Gasteiger partial charge in [-0.2, -0.15) is 0 Å². The first-order valence-corrected chi connectivity index (χ1v) is 2.50. The molecular weight excluding hydrogens is 126 g/mol. The van der Waals surface area contributed by atoms with Crippen molar-refractivity contribution in [3.63, 3.8) is 0 Å².